The summed E-state index contributed by atoms with van der Waals surface area (Å²) in [5.74, 6) is 0.204. The second-order valence-corrected chi connectivity index (χ2v) is 7.97. The zero-order valence-corrected chi connectivity index (χ0v) is 18.5. The number of thiazole rings is 1. The number of carbonyl (C=O) groups is 1. The summed E-state index contributed by atoms with van der Waals surface area (Å²) in [4.78, 5) is 19.0. The minimum atomic E-state index is -0.285. The molecule has 0 aliphatic carbocycles. The van der Waals surface area contributed by atoms with Crippen LogP contribution in [0, 0.1) is 5.82 Å². The fraction of sp³-hybridized carbons (Fsp3) is 0.333. The van der Waals surface area contributed by atoms with Crippen molar-refractivity contribution in [3.63, 3.8) is 0 Å². The van der Waals surface area contributed by atoms with Crippen LogP contribution in [0.15, 0.2) is 53.5 Å². The van der Waals surface area contributed by atoms with Crippen molar-refractivity contribution in [1.82, 2.24) is 4.57 Å². The van der Waals surface area contributed by atoms with Gasteiger partial charge in [-0.3, -0.25) is 4.79 Å². The number of aryl methyl sites for hydroxylation is 1. The first-order valence-corrected chi connectivity index (χ1v) is 11.2. The van der Waals surface area contributed by atoms with E-state index in [0.717, 1.165) is 41.1 Å². The maximum absolute atomic E-state index is 13.4. The number of halogens is 1. The monoisotopic (exact) mass is 426 g/mol. The molecule has 1 amide bonds. The second-order valence-electron chi connectivity index (χ2n) is 6.90. The molecule has 0 aliphatic heterocycles. The van der Waals surface area contributed by atoms with Crippen LogP contribution in [-0.4, -0.2) is 17.1 Å². The minimum absolute atomic E-state index is 0.266. The van der Waals surface area contributed by atoms with Gasteiger partial charge in [0, 0.05) is 17.0 Å². The summed E-state index contributed by atoms with van der Waals surface area (Å²) < 4.78 is 21.1. The van der Waals surface area contributed by atoms with Crippen LogP contribution in [0.4, 0.5) is 4.39 Å². The van der Waals surface area contributed by atoms with Gasteiger partial charge in [-0.25, -0.2) is 4.39 Å². The van der Waals surface area contributed by atoms with E-state index in [9.17, 15) is 9.18 Å². The van der Waals surface area contributed by atoms with Crippen molar-refractivity contribution in [3.8, 4) is 17.0 Å². The summed E-state index contributed by atoms with van der Waals surface area (Å²) in [6, 6.07) is 13.6. The van der Waals surface area contributed by atoms with Crippen molar-refractivity contribution in [2.24, 2.45) is 4.99 Å². The van der Waals surface area contributed by atoms with Crippen LogP contribution < -0.4 is 9.54 Å². The third kappa shape index (κ3) is 5.05. The van der Waals surface area contributed by atoms with E-state index >= 15 is 0 Å². The van der Waals surface area contributed by atoms with Gasteiger partial charge in [-0.15, -0.1) is 11.3 Å². The third-order valence-corrected chi connectivity index (χ3v) is 6.02. The topological polar surface area (TPSA) is 43.6 Å². The lowest BCUT2D eigenvalue weighted by Gasteiger charge is -2.08. The van der Waals surface area contributed by atoms with Crippen molar-refractivity contribution in [2.45, 2.75) is 46.6 Å². The van der Waals surface area contributed by atoms with Gasteiger partial charge >= 0.3 is 0 Å². The number of hydrogen-bond donors (Lipinski definition) is 0. The van der Waals surface area contributed by atoms with E-state index in [1.165, 1.54) is 23.5 Å². The van der Waals surface area contributed by atoms with E-state index < -0.39 is 0 Å². The zero-order chi connectivity index (χ0) is 21.5. The number of carbonyl (C=O) groups excluding carboxylic acids is 1. The summed E-state index contributed by atoms with van der Waals surface area (Å²) in [6.07, 6.45) is 2.89. The maximum Gasteiger partial charge on any atom is 0.279 e. The molecule has 2 aromatic carbocycles. The van der Waals surface area contributed by atoms with E-state index in [1.54, 1.807) is 24.3 Å². The Kier molecular flexibility index (Phi) is 7.57. The average molecular weight is 427 g/mol. The number of rotatable bonds is 8. The predicted octanol–water partition coefficient (Wildman–Crippen LogP) is 5.86. The van der Waals surface area contributed by atoms with Gasteiger partial charge in [-0.05, 0) is 73.9 Å². The van der Waals surface area contributed by atoms with E-state index in [-0.39, 0.29) is 11.7 Å². The van der Waals surface area contributed by atoms with Crippen LogP contribution >= 0.6 is 11.3 Å². The molecule has 3 aromatic rings. The first-order chi connectivity index (χ1) is 14.6. The fourth-order valence-electron chi connectivity index (χ4n) is 3.18. The Morgan fingerprint density at radius 3 is 2.37 bits per heavy atom. The molecule has 0 saturated heterocycles. The van der Waals surface area contributed by atoms with Gasteiger partial charge in [-0.1, -0.05) is 20.3 Å². The Morgan fingerprint density at radius 2 is 1.77 bits per heavy atom. The fourth-order valence-corrected chi connectivity index (χ4v) is 4.33. The standard InChI is InChI=1S/C24H27FN2O2S/c1-4-7-16-29-20-14-10-18(11-15-20)23(28)26-24-27(6-3)22(21(5-2)30-24)17-8-12-19(25)13-9-17/h8-15H,4-7,16H2,1-3H3. The van der Waals surface area contributed by atoms with Gasteiger partial charge in [0.1, 0.15) is 11.6 Å². The second kappa shape index (κ2) is 10.3. The highest BCUT2D eigenvalue weighted by Gasteiger charge is 2.15. The first kappa shape index (κ1) is 22.0. The first-order valence-electron chi connectivity index (χ1n) is 10.4. The van der Waals surface area contributed by atoms with Gasteiger partial charge in [0.25, 0.3) is 5.91 Å². The Labute approximate surface area is 180 Å². The number of hydrogen-bond acceptors (Lipinski definition) is 3. The molecular formula is C24H27FN2O2S. The van der Waals surface area contributed by atoms with Crippen molar-refractivity contribution in [1.29, 1.82) is 0 Å². The molecule has 4 nitrogen and oxygen atoms in total. The lowest BCUT2D eigenvalue weighted by atomic mass is 10.1. The molecule has 0 radical (unpaired) electrons. The smallest absolute Gasteiger partial charge is 0.279 e. The Bertz CT molecular complexity index is 1050. The lowest BCUT2D eigenvalue weighted by Crippen LogP contribution is -2.17. The number of benzene rings is 2. The van der Waals surface area contributed by atoms with E-state index in [0.29, 0.717) is 23.5 Å². The molecule has 1 heterocycles. The van der Waals surface area contributed by atoms with Crippen molar-refractivity contribution in [3.05, 3.63) is 69.6 Å². The van der Waals surface area contributed by atoms with E-state index in [1.807, 2.05) is 23.6 Å². The summed E-state index contributed by atoms with van der Waals surface area (Å²) in [5.41, 5.74) is 2.44. The molecular weight excluding hydrogens is 399 g/mol. The number of amides is 1. The highest BCUT2D eigenvalue weighted by molar-refractivity contribution is 7.09. The van der Waals surface area contributed by atoms with Gasteiger partial charge in [0.05, 0.1) is 12.3 Å². The molecule has 0 fully saturated rings. The molecule has 0 aliphatic rings. The maximum atomic E-state index is 13.4. The molecule has 0 N–H and O–H groups in total. The average Bonchev–Trinajstić information content (AvgIpc) is 3.12. The summed E-state index contributed by atoms with van der Waals surface area (Å²) >= 11 is 1.51. The van der Waals surface area contributed by atoms with E-state index in [4.69, 9.17) is 4.74 Å². The van der Waals surface area contributed by atoms with Crippen LogP contribution in [0.5, 0.6) is 5.75 Å². The molecule has 0 bridgehead atoms. The Morgan fingerprint density at radius 1 is 1.07 bits per heavy atom. The molecule has 1 aromatic heterocycles. The SMILES string of the molecule is CCCCOc1ccc(C(=O)N=c2sc(CC)c(-c3ccc(F)cc3)n2CC)cc1. The highest BCUT2D eigenvalue weighted by Crippen LogP contribution is 2.27. The largest absolute Gasteiger partial charge is 0.494 e. The summed E-state index contributed by atoms with van der Waals surface area (Å²) in [6.45, 7) is 7.55. The number of nitrogens with zero attached hydrogens (tertiary/aromatic N) is 2. The quantitative estimate of drug-likeness (QED) is 0.424. The van der Waals surface area contributed by atoms with Crippen LogP contribution in [-0.2, 0) is 13.0 Å². The molecule has 30 heavy (non-hydrogen) atoms. The molecule has 0 spiro atoms. The summed E-state index contributed by atoms with van der Waals surface area (Å²) in [7, 11) is 0. The van der Waals surface area contributed by atoms with Gasteiger partial charge in [0.2, 0.25) is 0 Å². The minimum Gasteiger partial charge on any atom is -0.494 e. The van der Waals surface area contributed by atoms with Gasteiger partial charge in [-0.2, -0.15) is 4.99 Å². The Hall–Kier alpha value is -2.73. The normalized spacial score (nSPS) is 11.7. The van der Waals surface area contributed by atoms with Crippen LogP contribution in [0.25, 0.3) is 11.3 Å². The van der Waals surface area contributed by atoms with Crippen LogP contribution in [0.1, 0.15) is 48.8 Å². The number of aromatic nitrogens is 1. The van der Waals surface area contributed by atoms with Crippen molar-refractivity contribution in [2.75, 3.05) is 6.61 Å². The summed E-state index contributed by atoms with van der Waals surface area (Å²) in [5, 5.41) is 0. The lowest BCUT2D eigenvalue weighted by molar-refractivity contribution is 0.0998. The molecule has 0 saturated carbocycles. The molecule has 158 valence electrons. The van der Waals surface area contributed by atoms with Crippen molar-refractivity contribution < 1.29 is 13.9 Å². The van der Waals surface area contributed by atoms with Crippen LogP contribution in [0.2, 0.25) is 0 Å². The molecule has 3 rings (SSSR count). The molecule has 0 atom stereocenters. The van der Waals surface area contributed by atoms with Crippen LogP contribution in [0.3, 0.4) is 0 Å². The molecule has 6 heteroatoms. The number of unbranched alkanes of at least 4 members (excludes halogenated alkanes) is 1. The third-order valence-electron chi connectivity index (χ3n) is 4.80. The number of ether oxygens (including phenoxy) is 1. The van der Waals surface area contributed by atoms with E-state index in [2.05, 4.69) is 18.8 Å². The van der Waals surface area contributed by atoms with Gasteiger partial charge < -0.3 is 9.30 Å². The van der Waals surface area contributed by atoms with Gasteiger partial charge in [0.15, 0.2) is 4.80 Å². The Balaban J connectivity index is 1.93. The highest BCUT2D eigenvalue weighted by atomic mass is 32.1. The molecule has 0 unspecified atom stereocenters. The predicted molar refractivity (Wildman–Crippen MR) is 119 cm³/mol. The zero-order valence-electron chi connectivity index (χ0n) is 17.7. The van der Waals surface area contributed by atoms with Crippen molar-refractivity contribution >= 4 is 17.2 Å².